The molecule has 0 unspecified atom stereocenters. The summed E-state index contributed by atoms with van der Waals surface area (Å²) in [4.78, 5) is 4.15. The molecule has 0 aliphatic carbocycles. The van der Waals surface area contributed by atoms with Gasteiger partial charge in [-0.05, 0) is 0 Å². The van der Waals surface area contributed by atoms with Crippen molar-refractivity contribution in [1.82, 2.24) is 4.98 Å². The van der Waals surface area contributed by atoms with Gasteiger partial charge in [-0.1, -0.05) is 0 Å². The first-order chi connectivity index (χ1) is 7.22. The summed E-state index contributed by atoms with van der Waals surface area (Å²) in [6, 6.07) is 3.66. The summed E-state index contributed by atoms with van der Waals surface area (Å²) in [6.45, 7) is 1.98. The number of aryl methyl sites for hydroxylation is 1. The summed E-state index contributed by atoms with van der Waals surface area (Å²) in [5.74, 6) is 2.75. The Hall–Kier alpha value is -1.28. The zero-order valence-electron chi connectivity index (χ0n) is 7.85. The average molecular weight is 238 g/mol. The maximum atomic E-state index is 10.2. The summed E-state index contributed by atoms with van der Waals surface area (Å²) in [5.41, 5.74) is 7.40. The number of thiazole rings is 1. The number of nitrogens with zero attached hydrogens (tertiary/aromatic N) is 1. The first-order valence-electron chi connectivity index (χ1n) is 4.12. The Balaban J connectivity index is 2.68. The molecule has 1 aromatic heterocycles. The Morgan fingerprint density at radius 1 is 1.60 bits per heavy atom. The molecule has 2 N–H and O–H groups in total. The monoisotopic (exact) mass is 238 g/mol. The number of aromatic nitrogens is 1. The molecule has 0 bridgehead atoms. The molecule has 0 fully saturated rings. The third-order valence-corrected chi connectivity index (χ3v) is 3.10. The van der Waals surface area contributed by atoms with Crippen LogP contribution in [0.5, 0.6) is 5.75 Å². The van der Waals surface area contributed by atoms with Crippen LogP contribution < -0.4 is 10.5 Å². The Bertz CT molecular complexity index is 617. The normalized spacial score (nSPS) is 9.93. The molecule has 0 saturated heterocycles. The molecule has 1 heterocycles. The minimum atomic E-state index is -0.291. The average Bonchev–Trinajstić information content (AvgIpc) is 2.60. The third kappa shape index (κ3) is 1.90. The van der Waals surface area contributed by atoms with E-state index in [-0.39, 0.29) is 7.92 Å². The van der Waals surface area contributed by atoms with Gasteiger partial charge in [0.05, 0.1) is 0 Å². The number of hydrogen-bond donors (Lipinski definition) is 1. The Kier molecular flexibility index (Phi) is 2.78. The van der Waals surface area contributed by atoms with E-state index in [9.17, 15) is 4.57 Å². The molecule has 0 aliphatic heterocycles. The van der Waals surface area contributed by atoms with Crippen molar-refractivity contribution in [3.8, 4) is 11.6 Å². The molecule has 6 heteroatoms. The molecular formula is C9H7N2O2PS. The number of nitrogens with two attached hydrogens (primary N) is 1. The summed E-state index contributed by atoms with van der Waals surface area (Å²) in [5, 5.41) is 0.490. The van der Waals surface area contributed by atoms with Gasteiger partial charge < -0.3 is 0 Å². The maximum absolute atomic E-state index is 10.2. The van der Waals surface area contributed by atoms with Gasteiger partial charge in [-0.25, -0.2) is 0 Å². The number of rotatable bonds is 1. The van der Waals surface area contributed by atoms with Crippen molar-refractivity contribution in [2.45, 2.75) is 6.92 Å². The molecule has 76 valence electrons. The molecule has 2 rings (SSSR count). The van der Waals surface area contributed by atoms with Crippen LogP contribution in [0.25, 0.3) is 10.2 Å². The number of benzene rings is 1. The quantitative estimate of drug-likeness (QED) is 0.776. The van der Waals surface area contributed by atoms with Crippen LogP contribution in [-0.4, -0.2) is 4.98 Å². The van der Waals surface area contributed by atoms with E-state index >= 15 is 0 Å². The molecule has 15 heavy (non-hydrogen) atoms. The topological polar surface area (TPSA) is 65.2 Å². The van der Waals surface area contributed by atoms with E-state index in [4.69, 9.17) is 10.5 Å². The zero-order chi connectivity index (χ0) is 10.8. The van der Waals surface area contributed by atoms with Crippen molar-refractivity contribution in [3.63, 3.8) is 0 Å². The molecule has 0 saturated carbocycles. The number of anilines is 1. The van der Waals surface area contributed by atoms with Crippen LogP contribution in [0.2, 0.25) is 0 Å². The molecule has 0 atom stereocenters. The third-order valence-electron chi connectivity index (χ3n) is 1.91. The first kappa shape index (κ1) is 10.2. The van der Waals surface area contributed by atoms with E-state index in [2.05, 4.69) is 10.8 Å². The van der Waals surface area contributed by atoms with Crippen molar-refractivity contribution >= 4 is 34.6 Å². The van der Waals surface area contributed by atoms with E-state index in [1.807, 2.05) is 13.0 Å². The fourth-order valence-corrected chi connectivity index (χ4v) is 2.23. The van der Waals surface area contributed by atoms with E-state index in [0.717, 1.165) is 10.3 Å². The van der Waals surface area contributed by atoms with Crippen molar-refractivity contribution in [2.75, 3.05) is 5.73 Å². The predicted molar refractivity (Wildman–Crippen MR) is 60.9 cm³/mol. The fraction of sp³-hybridized carbons (Fsp3) is 0.111. The van der Waals surface area contributed by atoms with Crippen LogP contribution in [0.15, 0.2) is 12.1 Å². The second kappa shape index (κ2) is 4.07. The van der Waals surface area contributed by atoms with Crippen molar-refractivity contribution in [1.29, 1.82) is 0 Å². The van der Waals surface area contributed by atoms with Gasteiger partial charge in [0.15, 0.2) is 0 Å². The first-order valence-corrected chi connectivity index (χ1v) is 5.75. The van der Waals surface area contributed by atoms with Crippen LogP contribution >= 0.6 is 19.3 Å². The van der Waals surface area contributed by atoms with Gasteiger partial charge >= 0.3 is 90.8 Å². The Morgan fingerprint density at radius 3 is 3.13 bits per heavy atom. The second-order valence-electron chi connectivity index (χ2n) is 2.90. The second-order valence-corrected chi connectivity index (χ2v) is 4.29. The molecule has 2 aromatic rings. The van der Waals surface area contributed by atoms with Gasteiger partial charge in [0.1, 0.15) is 0 Å². The summed E-state index contributed by atoms with van der Waals surface area (Å²) in [6.07, 6.45) is 0. The van der Waals surface area contributed by atoms with Crippen molar-refractivity contribution < 1.29 is 9.30 Å². The van der Waals surface area contributed by atoms with E-state index in [1.165, 1.54) is 11.3 Å². The number of ether oxygens (including phenoxy) is 1. The van der Waals surface area contributed by atoms with Gasteiger partial charge in [-0.3, -0.25) is 0 Å². The van der Waals surface area contributed by atoms with E-state index < -0.39 is 0 Å². The van der Waals surface area contributed by atoms with Gasteiger partial charge in [-0.15, -0.1) is 0 Å². The summed E-state index contributed by atoms with van der Waals surface area (Å²) < 4.78 is 16.2. The minimum absolute atomic E-state index is 0.291. The van der Waals surface area contributed by atoms with Crippen LogP contribution in [0.1, 0.15) is 5.56 Å². The molecule has 0 spiro atoms. The van der Waals surface area contributed by atoms with Crippen molar-refractivity contribution in [3.05, 3.63) is 17.7 Å². The number of fused-ring (bicyclic) bond motifs is 1. The van der Waals surface area contributed by atoms with Gasteiger partial charge in [0, 0.05) is 0 Å². The standard InChI is InChI=1S/C9H7N2O2PS/c1-5-2-3-6(13-4-14-12)7-8(5)15-9(10)11-7/h2-3H,1H3,(H2,10,11). The van der Waals surface area contributed by atoms with Crippen LogP contribution in [0.4, 0.5) is 5.13 Å². The molecule has 0 amide bonds. The van der Waals surface area contributed by atoms with Gasteiger partial charge in [0.25, 0.3) is 0 Å². The van der Waals surface area contributed by atoms with Gasteiger partial charge in [-0.2, -0.15) is 0 Å². The van der Waals surface area contributed by atoms with Crippen LogP contribution in [-0.2, 0) is 4.57 Å². The van der Waals surface area contributed by atoms with E-state index in [0.29, 0.717) is 16.4 Å². The van der Waals surface area contributed by atoms with Gasteiger partial charge in [0.2, 0.25) is 0 Å². The molecule has 4 nitrogen and oxygen atoms in total. The molecular weight excluding hydrogens is 231 g/mol. The van der Waals surface area contributed by atoms with Crippen molar-refractivity contribution in [2.24, 2.45) is 0 Å². The Morgan fingerprint density at radius 2 is 2.40 bits per heavy atom. The molecule has 1 aromatic carbocycles. The summed E-state index contributed by atoms with van der Waals surface area (Å²) in [7, 11) is -0.291. The number of hydrogen-bond acceptors (Lipinski definition) is 5. The zero-order valence-corrected chi connectivity index (χ0v) is 9.56. The van der Waals surface area contributed by atoms with E-state index in [1.54, 1.807) is 6.07 Å². The Labute approximate surface area is 91.2 Å². The SMILES string of the molecule is Cc1ccc(OC#P=O)c2nc(N)sc12. The summed E-state index contributed by atoms with van der Waals surface area (Å²) >= 11 is 1.40. The van der Waals surface area contributed by atoms with Crippen LogP contribution in [0, 0.1) is 12.7 Å². The number of nitrogen functional groups attached to an aromatic ring is 1. The predicted octanol–water partition coefficient (Wildman–Crippen LogP) is 2.77. The fourth-order valence-electron chi connectivity index (χ4n) is 1.28. The molecule has 0 radical (unpaired) electrons. The molecule has 0 aliphatic rings. The van der Waals surface area contributed by atoms with Crippen LogP contribution in [0.3, 0.4) is 0 Å².